The van der Waals surface area contributed by atoms with Crippen LogP contribution in [0.25, 0.3) is 10.2 Å². The van der Waals surface area contributed by atoms with E-state index in [0.29, 0.717) is 20.8 Å². The Morgan fingerprint density at radius 1 is 1.07 bits per heavy atom. The Bertz CT molecular complexity index is 1200. The lowest BCUT2D eigenvalue weighted by Crippen LogP contribution is -2.23. The summed E-state index contributed by atoms with van der Waals surface area (Å²) in [5.74, 6) is -1.54. The molecule has 0 aliphatic heterocycles. The van der Waals surface area contributed by atoms with Gasteiger partial charge in [-0.3, -0.25) is 9.59 Å². The second-order valence-corrected chi connectivity index (χ2v) is 7.76. The molecular weight excluding hydrogens is 451 g/mol. The van der Waals surface area contributed by atoms with Crippen LogP contribution in [0, 0.1) is 0 Å². The summed E-state index contributed by atoms with van der Waals surface area (Å²) < 4.78 is 11.9. The monoisotopic (exact) mass is 466 g/mol. The second-order valence-electron chi connectivity index (χ2n) is 5.97. The number of hydrogen-bond acceptors (Lipinski definition) is 6. The third-order valence-corrected chi connectivity index (χ3v) is 5.91. The van der Waals surface area contributed by atoms with Gasteiger partial charge in [-0.25, -0.2) is 4.79 Å². The summed E-state index contributed by atoms with van der Waals surface area (Å²) in [6.45, 7) is 1.74. The maximum absolute atomic E-state index is 12.7. The number of hydrogen-bond donors (Lipinski definition) is 0. The zero-order chi connectivity index (χ0) is 21.8. The number of benzene rings is 2. The van der Waals surface area contributed by atoms with Crippen LogP contribution in [0.2, 0.25) is 10.0 Å². The molecule has 0 saturated carbocycles. The molecule has 1 heterocycles. The van der Waals surface area contributed by atoms with Crippen LogP contribution in [0.1, 0.15) is 27.6 Å². The number of halogens is 2. The van der Waals surface area contributed by atoms with Gasteiger partial charge in [0.1, 0.15) is 6.54 Å². The number of esters is 2. The van der Waals surface area contributed by atoms with Crippen molar-refractivity contribution in [1.82, 2.24) is 4.57 Å². The van der Waals surface area contributed by atoms with Crippen molar-refractivity contribution in [3.8, 4) is 0 Å². The van der Waals surface area contributed by atoms with Crippen molar-refractivity contribution in [1.29, 1.82) is 0 Å². The van der Waals surface area contributed by atoms with Gasteiger partial charge in [0, 0.05) is 5.56 Å². The summed E-state index contributed by atoms with van der Waals surface area (Å²) in [5, 5.41) is 0.571. The van der Waals surface area contributed by atoms with E-state index in [0.717, 1.165) is 0 Å². The highest BCUT2D eigenvalue weighted by Crippen LogP contribution is 2.32. The smallest absolute Gasteiger partial charge is 0.337 e. The number of carbonyl (C=O) groups excluding carboxylic acids is 3. The van der Waals surface area contributed by atoms with Gasteiger partial charge >= 0.3 is 11.9 Å². The fourth-order valence-corrected chi connectivity index (χ4v) is 4.20. The first kappa shape index (κ1) is 22.0. The lowest BCUT2D eigenvalue weighted by atomic mass is 10.1. The van der Waals surface area contributed by atoms with Gasteiger partial charge in [-0.05, 0) is 43.3 Å². The largest absolute Gasteiger partial charge is 0.465 e. The van der Waals surface area contributed by atoms with Crippen molar-refractivity contribution in [3.63, 3.8) is 0 Å². The van der Waals surface area contributed by atoms with E-state index in [1.165, 1.54) is 47.3 Å². The quantitative estimate of drug-likeness (QED) is 0.528. The van der Waals surface area contributed by atoms with Crippen LogP contribution in [0.3, 0.4) is 0 Å². The number of methoxy groups -OCH3 is 1. The molecule has 0 spiro atoms. The summed E-state index contributed by atoms with van der Waals surface area (Å²) in [6, 6.07) is 9.28. The van der Waals surface area contributed by atoms with Gasteiger partial charge in [0.2, 0.25) is 0 Å². The molecule has 0 saturated heterocycles. The Morgan fingerprint density at radius 2 is 1.73 bits per heavy atom. The molecule has 10 heteroatoms. The molecule has 0 radical (unpaired) electrons. The first-order valence-electron chi connectivity index (χ1n) is 8.76. The lowest BCUT2D eigenvalue weighted by Gasteiger charge is -2.07. The maximum Gasteiger partial charge on any atom is 0.337 e. The van der Waals surface area contributed by atoms with E-state index in [1.54, 1.807) is 19.1 Å². The lowest BCUT2D eigenvalue weighted by molar-refractivity contribution is -0.143. The van der Waals surface area contributed by atoms with E-state index in [9.17, 15) is 14.4 Å². The van der Waals surface area contributed by atoms with E-state index in [4.69, 9.17) is 27.9 Å². The molecule has 0 aliphatic rings. The topological polar surface area (TPSA) is 87.0 Å². The minimum atomic E-state index is -0.544. The number of aromatic nitrogens is 1. The molecule has 0 unspecified atom stereocenters. The van der Waals surface area contributed by atoms with Gasteiger partial charge < -0.3 is 14.0 Å². The maximum atomic E-state index is 12.7. The van der Waals surface area contributed by atoms with Crippen LogP contribution in [-0.4, -0.2) is 36.1 Å². The number of rotatable bonds is 5. The SMILES string of the molecule is CCOC(=O)Cn1c(=NC(=O)c2ccc(C(=O)OC)cc2)sc2ccc(Cl)c(Cl)c21. The van der Waals surface area contributed by atoms with Gasteiger partial charge in [-0.1, -0.05) is 34.5 Å². The van der Waals surface area contributed by atoms with Gasteiger partial charge in [-0.15, -0.1) is 0 Å². The van der Waals surface area contributed by atoms with E-state index < -0.39 is 17.8 Å². The molecule has 3 aromatic rings. The van der Waals surface area contributed by atoms with E-state index in [-0.39, 0.29) is 28.5 Å². The summed E-state index contributed by atoms with van der Waals surface area (Å²) in [7, 11) is 1.28. The summed E-state index contributed by atoms with van der Waals surface area (Å²) in [6.07, 6.45) is 0. The van der Waals surface area contributed by atoms with Crippen molar-refractivity contribution in [2.24, 2.45) is 4.99 Å². The molecule has 0 bridgehead atoms. The van der Waals surface area contributed by atoms with Crippen LogP contribution >= 0.6 is 34.5 Å². The van der Waals surface area contributed by atoms with Gasteiger partial charge in [0.15, 0.2) is 4.80 Å². The molecule has 0 N–H and O–H groups in total. The van der Waals surface area contributed by atoms with Gasteiger partial charge in [0.25, 0.3) is 5.91 Å². The van der Waals surface area contributed by atoms with Crippen molar-refractivity contribution >= 4 is 62.6 Å². The fourth-order valence-electron chi connectivity index (χ4n) is 2.69. The molecule has 30 heavy (non-hydrogen) atoms. The van der Waals surface area contributed by atoms with Crippen LogP contribution < -0.4 is 4.80 Å². The Labute approximate surface area is 185 Å². The Balaban J connectivity index is 2.08. The highest BCUT2D eigenvalue weighted by Gasteiger charge is 2.17. The zero-order valence-corrected chi connectivity index (χ0v) is 18.3. The first-order chi connectivity index (χ1) is 14.3. The highest BCUT2D eigenvalue weighted by molar-refractivity contribution is 7.16. The van der Waals surface area contributed by atoms with E-state index in [1.807, 2.05) is 0 Å². The molecule has 0 atom stereocenters. The molecule has 2 aromatic carbocycles. The van der Waals surface area contributed by atoms with Crippen LogP contribution in [0.5, 0.6) is 0 Å². The van der Waals surface area contributed by atoms with Crippen molar-refractivity contribution in [3.05, 3.63) is 62.4 Å². The molecule has 1 aromatic heterocycles. The van der Waals surface area contributed by atoms with Crippen LogP contribution in [-0.2, 0) is 20.8 Å². The van der Waals surface area contributed by atoms with Crippen LogP contribution in [0.4, 0.5) is 0 Å². The van der Waals surface area contributed by atoms with Crippen molar-refractivity contribution in [2.75, 3.05) is 13.7 Å². The highest BCUT2D eigenvalue weighted by atomic mass is 35.5. The average molecular weight is 467 g/mol. The molecule has 0 aliphatic carbocycles. The summed E-state index contributed by atoms with van der Waals surface area (Å²) in [4.78, 5) is 40.8. The van der Waals surface area contributed by atoms with E-state index >= 15 is 0 Å². The Morgan fingerprint density at radius 3 is 2.37 bits per heavy atom. The first-order valence-corrected chi connectivity index (χ1v) is 10.3. The predicted molar refractivity (Wildman–Crippen MR) is 114 cm³/mol. The Hall–Kier alpha value is -2.68. The molecular formula is C20H16Cl2N2O5S. The third kappa shape index (κ3) is 4.56. The standard InChI is InChI=1S/C20H16Cl2N2O5S/c1-3-29-15(25)10-24-17-14(9-8-13(21)16(17)22)30-20(24)23-18(26)11-4-6-12(7-5-11)19(27)28-2/h4-9H,3,10H2,1-2H3. The number of thiazole rings is 1. The Kier molecular flexibility index (Phi) is 6.91. The number of fused-ring (bicyclic) bond motifs is 1. The van der Waals surface area contributed by atoms with Crippen molar-refractivity contribution in [2.45, 2.75) is 13.5 Å². The number of carbonyl (C=O) groups is 3. The van der Waals surface area contributed by atoms with E-state index in [2.05, 4.69) is 9.73 Å². The zero-order valence-electron chi connectivity index (χ0n) is 16.0. The predicted octanol–water partition coefficient (Wildman–Crippen LogP) is 4.10. The normalized spacial score (nSPS) is 11.5. The third-order valence-electron chi connectivity index (χ3n) is 4.08. The minimum Gasteiger partial charge on any atom is -0.465 e. The second kappa shape index (κ2) is 9.42. The van der Waals surface area contributed by atoms with Gasteiger partial charge in [0.05, 0.1) is 39.5 Å². The summed E-state index contributed by atoms with van der Waals surface area (Å²) in [5.41, 5.74) is 1.08. The molecule has 3 rings (SSSR count). The number of nitrogens with zero attached hydrogens (tertiary/aromatic N) is 2. The average Bonchev–Trinajstić information content (AvgIpc) is 3.07. The molecule has 0 fully saturated rings. The van der Waals surface area contributed by atoms with Crippen molar-refractivity contribution < 1.29 is 23.9 Å². The fraction of sp³-hybridized carbons (Fsp3) is 0.200. The minimum absolute atomic E-state index is 0.179. The molecule has 1 amide bonds. The number of ether oxygens (including phenoxy) is 2. The molecule has 156 valence electrons. The number of amides is 1. The van der Waals surface area contributed by atoms with Crippen LogP contribution in [0.15, 0.2) is 41.4 Å². The molecule has 7 nitrogen and oxygen atoms in total. The van der Waals surface area contributed by atoms with Gasteiger partial charge in [-0.2, -0.15) is 4.99 Å². The summed E-state index contributed by atoms with van der Waals surface area (Å²) >= 11 is 13.7.